The van der Waals surface area contributed by atoms with E-state index in [1.54, 1.807) is 18.2 Å². The Bertz CT molecular complexity index is 552. The van der Waals surface area contributed by atoms with Gasteiger partial charge in [0.15, 0.2) is 0 Å². The number of rotatable bonds is 2. The third kappa shape index (κ3) is 2.04. The van der Waals surface area contributed by atoms with Gasteiger partial charge >= 0.3 is 0 Å². The highest BCUT2D eigenvalue weighted by Crippen LogP contribution is 2.24. The minimum Gasteiger partial charge on any atom is -0.276 e. The van der Waals surface area contributed by atoms with Crippen molar-refractivity contribution in [3.63, 3.8) is 0 Å². The van der Waals surface area contributed by atoms with Gasteiger partial charge in [0.2, 0.25) is 0 Å². The largest absolute Gasteiger partial charge is 0.276 e. The monoisotopic (exact) mass is 240 g/mol. The Morgan fingerprint density at radius 1 is 1.06 bits per heavy atom. The summed E-state index contributed by atoms with van der Waals surface area (Å²) >= 11 is 5.33. The van der Waals surface area contributed by atoms with E-state index in [0.717, 1.165) is 5.39 Å². The molecule has 0 saturated carbocycles. The first-order valence-corrected chi connectivity index (χ1v) is 4.97. The zero-order valence-electron chi connectivity index (χ0n) is 8.08. The summed E-state index contributed by atoms with van der Waals surface area (Å²) in [6.07, 6.45) is -2.49. The molecule has 0 aliphatic carbocycles. The van der Waals surface area contributed by atoms with E-state index in [-0.39, 0.29) is 5.56 Å². The van der Waals surface area contributed by atoms with Crippen LogP contribution in [0.4, 0.5) is 8.78 Å². The van der Waals surface area contributed by atoms with Gasteiger partial charge in [-0.1, -0.05) is 18.2 Å². The molecule has 0 N–H and O–H groups in total. The molecule has 0 bridgehead atoms. The fourth-order valence-corrected chi connectivity index (χ4v) is 1.64. The minimum absolute atomic E-state index is 0.0301. The van der Waals surface area contributed by atoms with Crippen molar-refractivity contribution in [2.24, 2.45) is 0 Å². The molecule has 0 fully saturated rings. The SMILES string of the molecule is O=C(Cl)c1ccc2cc(C(F)F)ccc2c1. The lowest BCUT2D eigenvalue weighted by Gasteiger charge is -2.03. The van der Waals surface area contributed by atoms with Crippen LogP contribution in [0, 0.1) is 0 Å². The molecule has 1 nitrogen and oxygen atoms in total. The Labute approximate surface area is 95.6 Å². The van der Waals surface area contributed by atoms with Gasteiger partial charge in [0.25, 0.3) is 11.7 Å². The van der Waals surface area contributed by atoms with Crippen LogP contribution in [0.5, 0.6) is 0 Å². The first kappa shape index (κ1) is 11.0. The second-order valence-corrected chi connectivity index (χ2v) is 3.74. The van der Waals surface area contributed by atoms with Crippen LogP contribution < -0.4 is 0 Å². The average Bonchev–Trinajstić information content (AvgIpc) is 2.27. The summed E-state index contributed by atoms with van der Waals surface area (Å²) in [4.78, 5) is 10.9. The van der Waals surface area contributed by atoms with Crippen LogP contribution in [0.3, 0.4) is 0 Å². The zero-order valence-corrected chi connectivity index (χ0v) is 8.84. The molecule has 2 aromatic rings. The zero-order chi connectivity index (χ0) is 11.7. The topological polar surface area (TPSA) is 17.1 Å². The quantitative estimate of drug-likeness (QED) is 0.721. The Kier molecular flexibility index (Phi) is 2.88. The van der Waals surface area contributed by atoms with E-state index >= 15 is 0 Å². The van der Waals surface area contributed by atoms with Crippen LogP contribution in [-0.2, 0) is 0 Å². The molecule has 0 spiro atoms. The lowest BCUT2D eigenvalue weighted by atomic mass is 10.0. The van der Waals surface area contributed by atoms with E-state index in [1.165, 1.54) is 18.2 Å². The van der Waals surface area contributed by atoms with Crippen molar-refractivity contribution in [1.82, 2.24) is 0 Å². The summed E-state index contributed by atoms with van der Waals surface area (Å²) in [5, 5.41) is 0.829. The smallest absolute Gasteiger partial charge is 0.263 e. The van der Waals surface area contributed by atoms with Crippen LogP contribution in [0.2, 0.25) is 0 Å². The number of hydrogen-bond donors (Lipinski definition) is 0. The highest BCUT2D eigenvalue weighted by atomic mass is 35.5. The van der Waals surface area contributed by atoms with Crippen LogP contribution in [0.25, 0.3) is 10.8 Å². The molecule has 0 aliphatic heterocycles. The third-order valence-corrected chi connectivity index (χ3v) is 2.56. The number of benzene rings is 2. The van der Waals surface area contributed by atoms with Gasteiger partial charge < -0.3 is 0 Å². The van der Waals surface area contributed by atoms with Gasteiger partial charge in [0, 0.05) is 11.1 Å². The Morgan fingerprint density at radius 2 is 1.69 bits per heavy atom. The molecule has 0 heterocycles. The van der Waals surface area contributed by atoms with Crippen molar-refractivity contribution in [3.05, 3.63) is 47.5 Å². The van der Waals surface area contributed by atoms with Crippen LogP contribution in [0.1, 0.15) is 22.3 Å². The summed E-state index contributed by atoms with van der Waals surface area (Å²) in [7, 11) is 0. The number of fused-ring (bicyclic) bond motifs is 1. The maximum absolute atomic E-state index is 12.4. The summed E-state index contributed by atoms with van der Waals surface area (Å²) in [6.45, 7) is 0. The molecule has 0 amide bonds. The Morgan fingerprint density at radius 3 is 2.31 bits per heavy atom. The third-order valence-electron chi connectivity index (χ3n) is 2.34. The molecule has 4 heteroatoms. The fourth-order valence-electron chi connectivity index (χ4n) is 1.52. The molecule has 0 aliphatic rings. The van der Waals surface area contributed by atoms with Crippen molar-refractivity contribution < 1.29 is 13.6 Å². The first-order valence-electron chi connectivity index (χ1n) is 4.59. The Hall–Kier alpha value is -1.48. The summed E-state index contributed by atoms with van der Waals surface area (Å²) in [5.74, 6) is 0. The lowest BCUT2D eigenvalue weighted by Crippen LogP contribution is -1.89. The number of carbonyl (C=O) groups excluding carboxylic acids is 1. The van der Waals surface area contributed by atoms with Crippen molar-refractivity contribution in [3.8, 4) is 0 Å². The van der Waals surface area contributed by atoms with Crippen LogP contribution >= 0.6 is 11.6 Å². The van der Waals surface area contributed by atoms with Gasteiger partial charge in [-0.15, -0.1) is 0 Å². The number of carbonyl (C=O) groups is 1. The average molecular weight is 241 g/mol. The van der Waals surface area contributed by atoms with E-state index in [9.17, 15) is 13.6 Å². The summed E-state index contributed by atoms with van der Waals surface area (Å²) in [5.41, 5.74) is 0.330. The van der Waals surface area contributed by atoms with Gasteiger partial charge in [-0.25, -0.2) is 8.78 Å². The maximum atomic E-state index is 12.4. The van der Waals surface area contributed by atoms with Gasteiger partial charge in [-0.2, -0.15) is 0 Å². The van der Waals surface area contributed by atoms with E-state index in [1.807, 2.05) is 0 Å². The van der Waals surface area contributed by atoms with Gasteiger partial charge in [-0.3, -0.25) is 4.79 Å². The predicted octanol–water partition coefficient (Wildman–Crippen LogP) is 4.16. The fraction of sp³-hybridized carbons (Fsp3) is 0.0833. The second-order valence-electron chi connectivity index (χ2n) is 3.40. The molecule has 16 heavy (non-hydrogen) atoms. The Balaban J connectivity index is 2.57. The minimum atomic E-state index is -2.49. The molecular weight excluding hydrogens is 234 g/mol. The molecular formula is C12H7ClF2O. The molecule has 0 radical (unpaired) electrons. The van der Waals surface area contributed by atoms with Crippen molar-refractivity contribution >= 4 is 27.6 Å². The van der Waals surface area contributed by atoms with Gasteiger partial charge in [0.1, 0.15) is 0 Å². The van der Waals surface area contributed by atoms with E-state index in [2.05, 4.69) is 0 Å². The maximum Gasteiger partial charge on any atom is 0.263 e. The number of hydrogen-bond acceptors (Lipinski definition) is 1. The molecule has 2 rings (SSSR count). The van der Waals surface area contributed by atoms with Crippen molar-refractivity contribution in [2.45, 2.75) is 6.43 Å². The molecule has 2 aromatic carbocycles. The molecule has 0 atom stereocenters. The number of halogens is 3. The van der Waals surface area contributed by atoms with Gasteiger partial charge in [-0.05, 0) is 40.6 Å². The van der Waals surface area contributed by atoms with E-state index in [4.69, 9.17) is 11.6 Å². The molecule has 0 aromatic heterocycles. The van der Waals surface area contributed by atoms with E-state index < -0.39 is 11.7 Å². The van der Waals surface area contributed by atoms with Crippen molar-refractivity contribution in [1.29, 1.82) is 0 Å². The highest BCUT2D eigenvalue weighted by Gasteiger charge is 2.08. The van der Waals surface area contributed by atoms with Crippen LogP contribution in [0.15, 0.2) is 36.4 Å². The highest BCUT2D eigenvalue weighted by molar-refractivity contribution is 6.67. The molecule has 0 saturated heterocycles. The summed E-state index contributed by atoms with van der Waals surface area (Å²) < 4.78 is 24.9. The number of alkyl halides is 2. The second kappa shape index (κ2) is 4.18. The molecule has 0 unspecified atom stereocenters. The molecule has 82 valence electrons. The standard InChI is InChI=1S/C12H7ClF2O/c13-11(16)9-3-1-8-6-10(12(14)15)4-2-7(8)5-9/h1-6,12H. The summed E-state index contributed by atoms with van der Waals surface area (Å²) in [6, 6.07) is 9.02. The van der Waals surface area contributed by atoms with Crippen molar-refractivity contribution in [2.75, 3.05) is 0 Å². The lowest BCUT2D eigenvalue weighted by molar-refractivity contribution is 0.108. The van der Waals surface area contributed by atoms with E-state index in [0.29, 0.717) is 10.9 Å². The normalized spacial score (nSPS) is 11.0. The predicted molar refractivity (Wildman–Crippen MR) is 59.1 cm³/mol. The van der Waals surface area contributed by atoms with Gasteiger partial charge in [0.05, 0.1) is 0 Å². The first-order chi connectivity index (χ1) is 7.58. The van der Waals surface area contributed by atoms with Crippen LogP contribution in [-0.4, -0.2) is 5.24 Å².